The van der Waals surface area contributed by atoms with E-state index in [1.807, 2.05) is 6.08 Å². The van der Waals surface area contributed by atoms with Crippen LogP contribution in [0.1, 0.15) is 78.6 Å². The summed E-state index contributed by atoms with van der Waals surface area (Å²) >= 11 is 0. The van der Waals surface area contributed by atoms with E-state index in [1.165, 1.54) is 57.8 Å². The van der Waals surface area contributed by atoms with Crippen LogP contribution in [-0.2, 0) is 4.43 Å². The molecule has 0 spiro atoms. The SMILES string of the molecule is CC(C)(C)[Si](C)(C)OC[C@H]1CCCC[C@H]1/C=C/C=C/[C@H](O)C1CCCCC1. The first-order valence-corrected chi connectivity index (χ1v) is 14.3. The highest BCUT2D eigenvalue weighted by molar-refractivity contribution is 6.74. The summed E-state index contributed by atoms with van der Waals surface area (Å²) < 4.78 is 6.53. The lowest BCUT2D eigenvalue weighted by Gasteiger charge is -2.39. The molecule has 0 amide bonds. The molecule has 0 saturated heterocycles. The molecule has 1 N–H and O–H groups in total. The number of rotatable bonds is 7. The lowest BCUT2D eigenvalue weighted by Crippen LogP contribution is -2.42. The molecule has 0 radical (unpaired) electrons. The highest BCUT2D eigenvalue weighted by Gasteiger charge is 2.38. The summed E-state index contributed by atoms with van der Waals surface area (Å²) in [6, 6.07) is 0. The maximum atomic E-state index is 10.4. The van der Waals surface area contributed by atoms with Crippen molar-refractivity contribution in [3.8, 4) is 0 Å². The van der Waals surface area contributed by atoms with Gasteiger partial charge in [0.05, 0.1) is 6.10 Å². The average molecular weight is 393 g/mol. The molecular formula is C24H44O2Si. The van der Waals surface area contributed by atoms with Crippen LogP contribution in [0.15, 0.2) is 24.3 Å². The molecule has 2 aliphatic rings. The quantitative estimate of drug-likeness (QED) is 0.378. The standard InChI is InChI=1S/C24H44O2Si/c1-24(2,3)27(4,5)26-19-22-17-10-9-13-20(22)14-11-12-18-23(25)21-15-7-6-8-16-21/h11-12,14,18,20-23,25H,6-10,13,15-17,19H2,1-5H3/b14-11+,18-12+/t20-,22+,23-/m0/s1. The van der Waals surface area contributed by atoms with Gasteiger partial charge in [0.1, 0.15) is 0 Å². The van der Waals surface area contributed by atoms with E-state index in [0.29, 0.717) is 17.8 Å². The summed E-state index contributed by atoms with van der Waals surface area (Å²) in [7, 11) is -1.66. The first-order chi connectivity index (χ1) is 12.7. The summed E-state index contributed by atoms with van der Waals surface area (Å²) in [5, 5.41) is 10.7. The predicted molar refractivity (Wildman–Crippen MR) is 119 cm³/mol. The first-order valence-electron chi connectivity index (χ1n) is 11.4. The second-order valence-corrected chi connectivity index (χ2v) is 15.2. The van der Waals surface area contributed by atoms with E-state index >= 15 is 0 Å². The first kappa shape index (κ1) is 22.9. The van der Waals surface area contributed by atoms with Gasteiger partial charge in [0.15, 0.2) is 8.32 Å². The molecule has 0 unspecified atom stereocenters. The molecule has 0 heterocycles. The molecule has 3 atom stereocenters. The zero-order valence-corrected chi connectivity index (χ0v) is 19.5. The van der Waals surface area contributed by atoms with Gasteiger partial charge in [-0.05, 0) is 61.6 Å². The molecule has 0 aromatic rings. The number of aliphatic hydroxyl groups is 1. The molecule has 0 bridgehead atoms. The van der Waals surface area contributed by atoms with E-state index in [9.17, 15) is 5.11 Å². The third-order valence-corrected chi connectivity index (χ3v) is 11.8. The monoisotopic (exact) mass is 392 g/mol. The molecule has 0 aromatic carbocycles. The van der Waals surface area contributed by atoms with Crippen molar-refractivity contribution in [2.75, 3.05) is 6.61 Å². The van der Waals surface area contributed by atoms with Gasteiger partial charge in [-0.25, -0.2) is 0 Å². The summed E-state index contributed by atoms with van der Waals surface area (Å²) in [4.78, 5) is 0. The van der Waals surface area contributed by atoms with E-state index < -0.39 is 8.32 Å². The molecule has 0 aliphatic heterocycles. The molecule has 156 valence electrons. The molecule has 2 fully saturated rings. The Morgan fingerprint density at radius 2 is 1.59 bits per heavy atom. The van der Waals surface area contributed by atoms with Crippen LogP contribution >= 0.6 is 0 Å². The predicted octanol–water partition coefficient (Wildman–Crippen LogP) is 6.87. The molecule has 27 heavy (non-hydrogen) atoms. The molecule has 2 saturated carbocycles. The second-order valence-electron chi connectivity index (χ2n) is 10.4. The van der Waals surface area contributed by atoms with E-state index in [-0.39, 0.29) is 11.1 Å². The second kappa shape index (κ2) is 10.4. The Morgan fingerprint density at radius 1 is 0.963 bits per heavy atom. The minimum Gasteiger partial charge on any atom is -0.417 e. The largest absolute Gasteiger partial charge is 0.417 e. The number of hydrogen-bond acceptors (Lipinski definition) is 2. The molecule has 2 rings (SSSR count). The van der Waals surface area contributed by atoms with Crippen LogP contribution in [0.3, 0.4) is 0 Å². The van der Waals surface area contributed by atoms with Gasteiger partial charge >= 0.3 is 0 Å². The van der Waals surface area contributed by atoms with E-state index in [1.54, 1.807) is 0 Å². The number of aliphatic hydroxyl groups excluding tert-OH is 1. The van der Waals surface area contributed by atoms with Crippen molar-refractivity contribution in [1.29, 1.82) is 0 Å². The van der Waals surface area contributed by atoms with Crippen LogP contribution in [0.5, 0.6) is 0 Å². The molecule has 2 nitrogen and oxygen atoms in total. The van der Waals surface area contributed by atoms with Gasteiger partial charge in [-0.3, -0.25) is 0 Å². The summed E-state index contributed by atoms with van der Waals surface area (Å²) in [6.07, 6.45) is 19.9. The molecule has 0 aromatic heterocycles. The van der Waals surface area contributed by atoms with E-state index in [0.717, 1.165) is 6.61 Å². The molecule has 3 heteroatoms. The Morgan fingerprint density at radius 3 is 2.26 bits per heavy atom. The van der Waals surface area contributed by atoms with Gasteiger partial charge in [-0.15, -0.1) is 0 Å². The topological polar surface area (TPSA) is 29.5 Å². The van der Waals surface area contributed by atoms with Crippen LogP contribution in [0.2, 0.25) is 18.1 Å². The zero-order chi connectivity index (χ0) is 19.9. The molecular weight excluding hydrogens is 348 g/mol. The van der Waals surface area contributed by atoms with Crippen LogP contribution in [0, 0.1) is 17.8 Å². The van der Waals surface area contributed by atoms with Crippen LogP contribution in [0.25, 0.3) is 0 Å². The van der Waals surface area contributed by atoms with Gasteiger partial charge in [-0.1, -0.05) is 77.2 Å². The van der Waals surface area contributed by atoms with Crippen molar-refractivity contribution in [2.45, 2.75) is 103 Å². The lowest BCUT2D eigenvalue weighted by atomic mass is 9.79. The summed E-state index contributed by atoms with van der Waals surface area (Å²) in [6.45, 7) is 12.6. The minimum absolute atomic E-state index is 0.265. The average Bonchev–Trinajstić information content (AvgIpc) is 2.64. The van der Waals surface area contributed by atoms with Crippen molar-refractivity contribution in [1.82, 2.24) is 0 Å². The highest BCUT2D eigenvalue weighted by atomic mass is 28.4. The van der Waals surface area contributed by atoms with Gasteiger partial charge in [0.2, 0.25) is 0 Å². The maximum Gasteiger partial charge on any atom is 0.191 e. The van der Waals surface area contributed by atoms with Crippen LogP contribution in [0.4, 0.5) is 0 Å². The third kappa shape index (κ3) is 7.18. The van der Waals surface area contributed by atoms with Crippen molar-refractivity contribution < 1.29 is 9.53 Å². The van der Waals surface area contributed by atoms with Crippen molar-refractivity contribution in [3.63, 3.8) is 0 Å². The summed E-state index contributed by atoms with van der Waals surface area (Å²) in [5.41, 5.74) is 0. The van der Waals surface area contributed by atoms with Crippen molar-refractivity contribution in [3.05, 3.63) is 24.3 Å². The van der Waals surface area contributed by atoms with Crippen molar-refractivity contribution in [2.24, 2.45) is 17.8 Å². The maximum absolute atomic E-state index is 10.4. The fourth-order valence-electron chi connectivity index (χ4n) is 4.25. The number of allylic oxidation sites excluding steroid dienone is 3. The fraction of sp³-hybridized carbons (Fsp3) is 0.833. The van der Waals surface area contributed by atoms with Gasteiger partial charge in [0, 0.05) is 6.61 Å². The van der Waals surface area contributed by atoms with Crippen molar-refractivity contribution >= 4 is 8.32 Å². The normalized spacial score (nSPS) is 27.5. The van der Waals surface area contributed by atoms with E-state index in [4.69, 9.17) is 4.43 Å². The Bertz CT molecular complexity index is 483. The van der Waals surface area contributed by atoms with E-state index in [2.05, 4.69) is 52.1 Å². The Hall–Kier alpha value is -0.383. The zero-order valence-electron chi connectivity index (χ0n) is 18.5. The smallest absolute Gasteiger partial charge is 0.191 e. The Kier molecular flexibility index (Phi) is 8.83. The van der Waals surface area contributed by atoms with Gasteiger partial charge in [0.25, 0.3) is 0 Å². The highest BCUT2D eigenvalue weighted by Crippen LogP contribution is 2.38. The Labute approximate surface area is 169 Å². The third-order valence-electron chi connectivity index (χ3n) is 7.34. The lowest BCUT2D eigenvalue weighted by molar-refractivity contribution is 0.125. The molecule has 2 aliphatic carbocycles. The van der Waals surface area contributed by atoms with Crippen LogP contribution in [-0.4, -0.2) is 26.1 Å². The summed E-state index contributed by atoms with van der Waals surface area (Å²) in [5.74, 6) is 1.75. The fourth-order valence-corrected chi connectivity index (χ4v) is 5.31. The Balaban J connectivity index is 1.85. The van der Waals surface area contributed by atoms with Gasteiger partial charge < -0.3 is 9.53 Å². The number of hydrogen-bond donors (Lipinski definition) is 1. The van der Waals surface area contributed by atoms with Gasteiger partial charge in [-0.2, -0.15) is 0 Å². The minimum atomic E-state index is -1.66. The van der Waals surface area contributed by atoms with Crippen LogP contribution < -0.4 is 0 Å².